The number of benzene rings is 1. The minimum absolute atomic E-state index is 0.00555. The number of nitrogens with zero attached hydrogens (tertiary/aromatic N) is 3. The topological polar surface area (TPSA) is 98.2 Å². The number of rotatable bonds is 5. The fourth-order valence-electron chi connectivity index (χ4n) is 3.55. The Labute approximate surface area is 182 Å². The molecule has 0 N–H and O–H groups in total. The number of imide groups is 1. The van der Waals surface area contributed by atoms with Crippen LogP contribution in [-0.2, 0) is 30.4 Å². The van der Waals surface area contributed by atoms with Gasteiger partial charge in [-0.05, 0) is 23.9 Å². The summed E-state index contributed by atoms with van der Waals surface area (Å²) < 4.78 is 11.7. The number of ether oxygens (including phenoxy) is 2. The van der Waals surface area contributed by atoms with Crippen molar-refractivity contribution >= 4 is 51.8 Å². The fourth-order valence-corrected chi connectivity index (χ4v) is 4.38. The van der Waals surface area contributed by atoms with E-state index < -0.39 is 23.7 Å². The molecule has 0 bridgehead atoms. The average molecular weight is 443 g/mol. The van der Waals surface area contributed by atoms with Crippen molar-refractivity contribution in [2.24, 2.45) is 0 Å². The minimum Gasteiger partial charge on any atom is -0.468 e. The molecule has 2 aliphatic rings. The van der Waals surface area contributed by atoms with Crippen LogP contribution in [0.1, 0.15) is 5.56 Å². The van der Waals surface area contributed by atoms with Gasteiger partial charge in [-0.1, -0.05) is 18.2 Å². The molecule has 162 valence electrons. The average Bonchev–Trinajstić information content (AvgIpc) is 3.26. The van der Waals surface area contributed by atoms with Gasteiger partial charge >= 0.3 is 5.97 Å². The summed E-state index contributed by atoms with van der Waals surface area (Å²) in [6.45, 7) is 1.94. The first-order valence-corrected chi connectivity index (χ1v) is 10.5. The third-order valence-electron chi connectivity index (χ3n) is 5.16. The van der Waals surface area contributed by atoms with Crippen LogP contribution in [-0.4, -0.2) is 77.3 Å². The molecule has 0 saturated carbocycles. The van der Waals surface area contributed by atoms with Crippen molar-refractivity contribution in [1.82, 2.24) is 14.4 Å². The molecule has 3 heterocycles. The van der Waals surface area contributed by atoms with E-state index in [1.165, 1.54) is 7.11 Å². The normalized spacial score (nSPS) is 18.3. The Bertz CT molecular complexity index is 1090. The van der Waals surface area contributed by atoms with Gasteiger partial charge in [0.15, 0.2) is 0 Å². The molecule has 9 nitrogen and oxygen atoms in total. The second-order valence-corrected chi connectivity index (χ2v) is 8.06. The molecule has 0 aliphatic carbocycles. The number of aromatic nitrogens is 1. The Morgan fingerprint density at radius 3 is 2.65 bits per heavy atom. The van der Waals surface area contributed by atoms with Gasteiger partial charge in [0.1, 0.15) is 13.1 Å². The number of methoxy groups -OCH3 is 1. The van der Waals surface area contributed by atoms with E-state index in [2.05, 4.69) is 4.74 Å². The summed E-state index contributed by atoms with van der Waals surface area (Å²) in [4.78, 5) is 51.9. The summed E-state index contributed by atoms with van der Waals surface area (Å²) in [7, 11) is 1.20. The van der Waals surface area contributed by atoms with E-state index in [1.54, 1.807) is 17.2 Å². The molecule has 2 aromatic rings. The SMILES string of the molecule is COC(=O)CN1C(=O)S/C(=C/c2cn(CC(=O)N3CCOCC3)c3ccccc23)C1=O. The number of morpholine rings is 1. The van der Waals surface area contributed by atoms with Gasteiger partial charge in [-0.25, -0.2) is 0 Å². The van der Waals surface area contributed by atoms with E-state index in [9.17, 15) is 19.2 Å². The lowest BCUT2D eigenvalue weighted by Gasteiger charge is -2.27. The van der Waals surface area contributed by atoms with E-state index in [0.29, 0.717) is 31.9 Å². The largest absolute Gasteiger partial charge is 0.468 e. The Balaban J connectivity index is 1.61. The van der Waals surface area contributed by atoms with Gasteiger partial charge < -0.3 is 18.9 Å². The second kappa shape index (κ2) is 8.94. The van der Waals surface area contributed by atoms with Crippen LogP contribution in [0.3, 0.4) is 0 Å². The van der Waals surface area contributed by atoms with Gasteiger partial charge in [-0.15, -0.1) is 0 Å². The monoisotopic (exact) mass is 443 g/mol. The number of amides is 3. The van der Waals surface area contributed by atoms with Crippen molar-refractivity contribution in [2.75, 3.05) is 40.0 Å². The molecule has 10 heteroatoms. The highest BCUT2D eigenvalue weighted by atomic mass is 32.2. The maximum absolute atomic E-state index is 12.7. The zero-order chi connectivity index (χ0) is 22.0. The zero-order valence-corrected chi connectivity index (χ0v) is 17.7. The fraction of sp³-hybridized carbons (Fsp3) is 0.333. The molecule has 3 amide bonds. The molecule has 1 aromatic carbocycles. The summed E-state index contributed by atoms with van der Waals surface area (Å²) in [5.74, 6) is -1.21. The van der Waals surface area contributed by atoms with E-state index in [0.717, 1.165) is 27.6 Å². The quantitative estimate of drug-likeness (QED) is 0.513. The molecule has 0 radical (unpaired) electrons. The van der Waals surface area contributed by atoms with Crippen LogP contribution in [0.2, 0.25) is 0 Å². The van der Waals surface area contributed by atoms with Gasteiger partial charge in [0.2, 0.25) is 5.91 Å². The standard InChI is InChI=1S/C21H21N3O6S/c1-29-19(26)13-24-20(27)17(31-21(24)28)10-14-11-23(16-5-3-2-4-15(14)16)12-18(25)22-6-8-30-9-7-22/h2-5,10-11H,6-9,12-13H2,1H3/b17-10+. The number of esters is 1. The molecular weight excluding hydrogens is 422 g/mol. The van der Waals surface area contributed by atoms with Crippen LogP contribution in [0, 0.1) is 0 Å². The Morgan fingerprint density at radius 2 is 1.90 bits per heavy atom. The van der Waals surface area contributed by atoms with Crippen molar-refractivity contribution < 1.29 is 28.7 Å². The molecule has 0 spiro atoms. The number of carbonyl (C=O) groups excluding carboxylic acids is 4. The van der Waals surface area contributed by atoms with Gasteiger partial charge in [0.05, 0.1) is 25.2 Å². The molecule has 1 aromatic heterocycles. The number of para-hydroxylation sites is 1. The van der Waals surface area contributed by atoms with E-state index in [-0.39, 0.29) is 17.4 Å². The van der Waals surface area contributed by atoms with Crippen LogP contribution in [0.5, 0.6) is 0 Å². The number of carbonyl (C=O) groups is 4. The highest BCUT2D eigenvalue weighted by Gasteiger charge is 2.36. The third-order valence-corrected chi connectivity index (χ3v) is 6.07. The maximum Gasteiger partial charge on any atom is 0.325 e. The predicted molar refractivity (Wildman–Crippen MR) is 114 cm³/mol. The third kappa shape index (κ3) is 4.35. The summed E-state index contributed by atoms with van der Waals surface area (Å²) in [6.07, 6.45) is 3.43. The van der Waals surface area contributed by atoms with Crippen LogP contribution in [0.25, 0.3) is 17.0 Å². The van der Waals surface area contributed by atoms with Crippen LogP contribution in [0.15, 0.2) is 35.4 Å². The van der Waals surface area contributed by atoms with Crippen LogP contribution in [0.4, 0.5) is 4.79 Å². The molecule has 4 rings (SSSR count). The van der Waals surface area contributed by atoms with Gasteiger partial charge in [-0.3, -0.25) is 24.1 Å². The van der Waals surface area contributed by atoms with Gasteiger partial charge in [0.25, 0.3) is 11.1 Å². The van der Waals surface area contributed by atoms with Crippen LogP contribution < -0.4 is 0 Å². The molecule has 2 fully saturated rings. The first-order valence-electron chi connectivity index (χ1n) is 9.73. The summed E-state index contributed by atoms with van der Waals surface area (Å²) in [5.41, 5.74) is 1.57. The van der Waals surface area contributed by atoms with Crippen molar-refractivity contribution in [3.63, 3.8) is 0 Å². The van der Waals surface area contributed by atoms with Crippen molar-refractivity contribution in [1.29, 1.82) is 0 Å². The van der Waals surface area contributed by atoms with Crippen LogP contribution >= 0.6 is 11.8 Å². The Morgan fingerprint density at radius 1 is 1.16 bits per heavy atom. The highest BCUT2D eigenvalue weighted by molar-refractivity contribution is 8.18. The summed E-state index contributed by atoms with van der Waals surface area (Å²) in [5, 5.41) is 0.338. The molecule has 0 unspecified atom stereocenters. The van der Waals surface area contributed by atoms with Crippen molar-refractivity contribution in [2.45, 2.75) is 6.54 Å². The summed E-state index contributed by atoms with van der Waals surface area (Å²) >= 11 is 0.776. The number of fused-ring (bicyclic) bond motifs is 1. The van der Waals surface area contributed by atoms with E-state index >= 15 is 0 Å². The van der Waals surface area contributed by atoms with Crippen molar-refractivity contribution in [3.8, 4) is 0 Å². The smallest absolute Gasteiger partial charge is 0.325 e. The minimum atomic E-state index is -0.665. The van der Waals surface area contributed by atoms with E-state index in [4.69, 9.17) is 4.74 Å². The van der Waals surface area contributed by atoms with E-state index in [1.807, 2.05) is 28.8 Å². The lowest BCUT2D eigenvalue weighted by molar-refractivity contribution is -0.143. The number of hydrogen-bond acceptors (Lipinski definition) is 7. The molecule has 0 atom stereocenters. The number of thioether (sulfide) groups is 1. The Kier molecular flexibility index (Phi) is 6.10. The first-order chi connectivity index (χ1) is 15.0. The molecular formula is C21H21N3O6S. The summed E-state index contributed by atoms with van der Waals surface area (Å²) in [6, 6.07) is 7.56. The second-order valence-electron chi connectivity index (χ2n) is 7.07. The first kappa shape index (κ1) is 21.1. The maximum atomic E-state index is 12.7. The predicted octanol–water partition coefficient (Wildman–Crippen LogP) is 1.71. The highest BCUT2D eigenvalue weighted by Crippen LogP contribution is 2.34. The van der Waals surface area contributed by atoms with Gasteiger partial charge in [-0.2, -0.15) is 0 Å². The van der Waals surface area contributed by atoms with Gasteiger partial charge in [0, 0.05) is 35.8 Å². The zero-order valence-electron chi connectivity index (χ0n) is 16.9. The molecule has 2 aliphatic heterocycles. The Hall–Kier alpha value is -3.11. The number of hydrogen-bond donors (Lipinski definition) is 0. The lowest BCUT2D eigenvalue weighted by Crippen LogP contribution is -2.42. The lowest BCUT2D eigenvalue weighted by atomic mass is 10.1. The molecule has 2 saturated heterocycles. The van der Waals surface area contributed by atoms with Crippen molar-refractivity contribution in [3.05, 3.63) is 40.9 Å². The molecule has 31 heavy (non-hydrogen) atoms.